The van der Waals surface area contributed by atoms with Gasteiger partial charge in [0.2, 0.25) is 0 Å². The fourth-order valence-corrected chi connectivity index (χ4v) is 2.57. The number of methoxy groups -OCH3 is 1. The molecule has 90 valence electrons. The van der Waals surface area contributed by atoms with Crippen LogP contribution in [0.1, 0.15) is 11.6 Å². The van der Waals surface area contributed by atoms with Crippen LogP contribution in [-0.2, 0) is 9.53 Å². The van der Waals surface area contributed by atoms with Crippen molar-refractivity contribution in [3.8, 4) is 5.75 Å². The first kappa shape index (κ1) is 15.7. The fourth-order valence-electron chi connectivity index (χ4n) is 1.12. The normalized spacial score (nSPS) is 11.5. The third-order valence-electron chi connectivity index (χ3n) is 1.84. The van der Waals surface area contributed by atoms with Gasteiger partial charge in [-0.25, -0.2) is 0 Å². The molecule has 0 bridgehead atoms. The fraction of sp³-hybridized carbons (Fsp3) is 0.222. The van der Waals surface area contributed by atoms with Gasteiger partial charge >= 0.3 is 5.97 Å². The lowest BCUT2D eigenvalue weighted by atomic mass is 10.1. The number of rotatable bonds is 2. The van der Waals surface area contributed by atoms with Crippen LogP contribution in [0.15, 0.2) is 21.1 Å². The summed E-state index contributed by atoms with van der Waals surface area (Å²) in [6.07, 6.45) is 0. The molecule has 1 aromatic carbocycles. The number of carbonyl (C=O) groups is 1. The standard InChI is InChI=1S/C9H9Br2NO3.ClH/c1-15-9(14)8(12)7-5(11)2-4(10)3-6(7)13;/h2-3,8,13H,12H2,1H3;1H/t8-;/m1./s1. The van der Waals surface area contributed by atoms with Crippen LogP contribution in [0, 0.1) is 0 Å². The van der Waals surface area contributed by atoms with Crippen LogP contribution in [-0.4, -0.2) is 18.2 Å². The first-order valence-electron chi connectivity index (χ1n) is 3.98. The number of benzene rings is 1. The van der Waals surface area contributed by atoms with Crippen LogP contribution in [0.25, 0.3) is 0 Å². The van der Waals surface area contributed by atoms with Gasteiger partial charge in [-0.1, -0.05) is 31.9 Å². The summed E-state index contributed by atoms with van der Waals surface area (Å²) in [7, 11) is 1.24. The van der Waals surface area contributed by atoms with Crippen molar-refractivity contribution < 1.29 is 14.6 Å². The summed E-state index contributed by atoms with van der Waals surface area (Å²) in [5.74, 6) is -0.664. The monoisotopic (exact) mass is 373 g/mol. The van der Waals surface area contributed by atoms with E-state index in [1.54, 1.807) is 6.07 Å². The molecular formula is C9H10Br2ClNO3. The van der Waals surface area contributed by atoms with E-state index in [4.69, 9.17) is 5.73 Å². The van der Waals surface area contributed by atoms with Crippen LogP contribution >= 0.6 is 44.3 Å². The molecule has 0 aliphatic heterocycles. The number of phenols is 1. The highest BCUT2D eigenvalue weighted by Crippen LogP contribution is 2.34. The Morgan fingerprint density at radius 2 is 2.06 bits per heavy atom. The number of nitrogens with two attached hydrogens (primary N) is 1. The molecule has 0 amide bonds. The zero-order valence-corrected chi connectivity index (χ0v) is 12.2. The number of carbonyl (C=O) groups excluding carboxylic acids is 1. The molecule has 16 heavy (non-hydrogen) atoms. The van der Waals surface area contributed by atoms with Gasteiger partial charge in [0.1, 0.15) is 11.8 Å². The Balaban J connectivity index is 0.00000225. The van der Waals surface area contributed by atoms with Gasteiger partial charge in [-0.3, -0.25) is 4.79 Å². The number of aromatic hydroxyl groups is 1. The van der Waals surface area contributed by atoms with Crippen molar-refractivity contribution in [2.45, 2.75) is 6.04 Å². The topological polar surface area (TPSA) is 72.5 Å². The Morgan fingerprint density at radius 3 is 2.50 bits per heavy atom. The van der Waals surface area contributed by atoms with Crippen molar-refractivity contribution in [1.29, 1.82) is 0 Å². The summed E-state index contributed by atoms with van der Waals surface area (Å²) < 4.78 is 5.74. The molecular weight excluding hydrogens is 365 g/mol. The number of hydrogen-bond donors (Lipinski definition) is 2. The zero-order valence-electron chi connectivity index (χ0n) is 8.24. The summed E-state index contributed by atoms with van der Waals surface area (Å²) in [4.78, 5) is 11.2. The highest BCUT2D eigenvalue weighted by Gasteiger charge is 2.22. The summed E-state index contributed by atoms with van der Waals surface area (Å²) in [6.45, 7) is 0. The Morgan fingerprint density at radius 1 is 1.50 bits per heavy atom. The van der Waals surface area contributed by atoms with Crippen LogP contribution in [0.5, 0.6) is 5.75 Å². The van der Waals surface area contributed by atoms with Crippen molar-refractivity contribution in [3.05, 3.63) is 26.6 Å². The van der Waals surface area contributed by atoms with E-state index in [2.05, 4.69) is 36.6 Å². The van der Waals surface area contributed by atoms with E-state index in [-0.39, 0.29) is 18.2 Å². The molecule has 0 heterocycles. The first-order valence-corrected chi connectivity index (χ1v) is 5.57. The van der Waals surface area contributed by atoms with Gasteiger partial charge in [0.25, 0.3) is 0 Å². The third kappa shape index (κ3) is 3.35. The van der Waals surface area contributed by atoms with E-state index in [1.807, 2.05) is 0 Å². The maximum atomic E-state index is 11.2. The van der Waals surface area contributed by atoms with Crippen molar-refractivity contribution in [2.75, 3.05) is 7.11 Å². The third-order valence-corrected chi connectivity index (χ3v) is 2.95. The van der Waals surface area contributed by atoms with Crippen molar-refractivity contribution in [1.82, 2.24) is 0 Å². The second-order valence-corrected chi connectivity index (χ2v) is 4.59. The largest absolute Gasteiger partial charge is 0.508 e. The lowest BCUT2D eigenvalue weighted by Gasteiger charge is -2.13. The molecule has 0 saturated heterocycles. The summed E-state index contributed by atoms with van der Waals surface area (Å²) in [6, 6.07) is 2.15. The van der Waals surface area contributed by atoms with Crippen LogP contribution in [0.2, 0.25) is 0 Å². The molecule has 4 nitrogen and oxygen atoms in total. The van der Waals surface area contributed by atoms with Gasteiger partial charge in [-0.2, -0.15) is 0 Å². The summed E-state index contributed by atoms with van der Waals surface area (Å²) in [5.41, 5.74) is 5.93. The van der Waals surface area contributed by atoms with Crippen LogP contribution in [0.3, 0.4) is 0 Å². The average Bonchev–Trinajstić information content (AvgIpc) is 2.14. The van der Waals surface area contributed by atoms with Gasteiger partial charge in [0.05, 0.1) is 7.11 Å². The minimum absolute atomic E-state index is 0. The highest BCUT2D eigenvalue weighted by molar-refractivity contribution is 9.11. The molecule has 0 fully saturated rings. The smallest absolute Gasteiger partial charge is 0.327 e. The predicted octanol–water partition coefficient (Wildman–Crippen LogP) is 2.51. The number of halogens is 3. The highest BCUT2D eigenvalue weighted by atomic mass is 79.9. The number of esters is 1. The molecule has 1 atom stereocenters. The molecule has 0 spiro atoms. The summed E-state index contributed by atoms with van der Waals surface area (Å²) >= 11 is 6.42. The van der Waals surface area contributed by atoms with Gasteiger partial charge in [0.15, 0.2) is 0 Å². The molecule has 1 rings (SSSR count). The van der Waals surface area contributed by atoms with Crippen molar-refractivity contribution in [2.24, 2.45) is 5.73 Å². The molecule has 7 heteroatoms. The minimum Gasteiger partial charge on any atom is -0.508 e. The zero-order chi connectivity index (χ0) is 11.6. The van der Waals surface area contributed by atoms with Gasteiger partial charge in [-0.15, -0.1) is 12.4 Å². The van der Waals surface area contributed by atoms with Crippen LogP contribution < -0.4 is 5.73 Å². The second-order valence-electron chi connectivity index (χ2n) is 2.82. The molecule has 3 N–H and O–H groups in total. The average molecular weight is 375 g/mol. The molecule has 0 radical (unpaired) electrons. The van der Waals surface area contributed by atoms with Gasteiger partial charge < -0.3 is 15.6 Å². The summed E-state index contributed by atoms with van der Waals surface area (Å²) in [5, 5.41) is 9.64. The second kappa shape index (κ2) is 6.44. The number of phenolic OH excluding ortho intramolecular Hbond substituents is 1. The van der Waals surface area contributed by atoms with E-state index >= 15 is 0 Å². The van der Waals surface area contributed by atoms with Crippen molar-refractivity contribution in [3.63, 3.8) is 0 Å². The van der Waals surface area contributed by atoms with Crippen LogP contribution in [0.4, 0.5) is 0 Å². The first-order chi connectivity index (χ1) is 6.97. The van der Waals surface area contributed by atoms with E-state index in [9.17, 15) is 9.90 Å². The predicted molar refractivity (Wildman–Crippen MR) is 69.7 cm³/mol. The van der Waals surface area contributed by atoms with E-state index < -0.39 is 12.0 Å². The number of hydrogen-bond acceptors (Lipinski definition) is 4. The molecule has 0 unspecified atom stereocenters. The van der Waals surface area contributed by atoms with E-state index in [1.165, 1.54) is 13.2 Å². The molecule has 0 aliphatic carbocycles. The maximum absolute atomic E-state index is 11.2. The molecule has 1 aromatic rings. The van der Waals surface area contributed by atoms with Gasteiger partial charge in [0, 0.05) is 14.5 Å². The Kier molecular flexibility index (Phi) is 6.32. The Hall–Kier alpha value is -0.300. The maximum Gasteiger partial charge on any atom is 0.327 e. The molecule has 0 aliphatic rings. The number of ether oxygens (including phenoxy) is 1. The lowest BCUT2D eigenvalue weighted by Crippen LogP contribution is -2.23. The lowest BCUT2D eigenvalue weighted by molar-refractivity contribution is -0.142. The quantitative estimate of drug-likeness (QED) is 0.779. The Labute approximate surface area is 116 Å². The SMILES string of the molecule is COC(=O)[C@H](N)c1c(O)cc(Br)cc1Br.Cl. The molecule has 0 saturated carbocycles. The Bertz CT molecular complexity index is 377. The minimum atomic E-state index is -1.00. The van der Waals surface area contributed by atoms with E-state index in [0.717, 1.165) is 0 Å². The molecule has 0 aromatic heterocycles. The van der Waals surface area contributed by atoms with E-state index in [0.29, 0.717) is 14.5 Å². The van der Waals surface area contributed by atoms with Crippen molar-refractivity contribution >= 4 is 50.2 Å². The van der Waals surface area contributed by atoms with Gasteiger partial charge in [-0.05, 0) is 12.1 Å².